The van der Waals surface area contributed by atoms with Gasteiger partial charge in [0.1, 0.15) is 11.5 Å². The number of benzene rings is 2. The maximum Gasteiger partial charge on any atom is 0.157 e. The Balaban J connectivity index is 2.16. The van der Waals surface area contributed by atoms with E-state index < -0.39 is 0 Å². The summed E-state index contributed by atoms with van der Waals surface area (Å²) in [5.74, 6) is 0.990. The SMILES string of the molecule is C/C(=C/c1ccc(O)c(O)c1)Oc1cccc(N)c1. The fourth-order valence-electron chi connectivity index (χ4n) is 1.66. The summed E-state index contributed by atoms with van der Waals surface area (Å²) in [6.07, 6.45) is 1.75. The Morgan fingerprint density at radius 1 is 1.11 bits per heavy atom. The summed E-state index contributed by atoms with van der Waals surface area (Å²) in [5, 5.41) is 18.6. The van der Waals surface area contributed by atoms with E-state index in [0.29, 0.717) is 17.2 Å². The summed E-state index contributed by atoms with van der Waals surface area (Å²) in [5.41, 5.74) is 7.03. The zero-order chi connectivity index (χ0) is 13.8. The lowest BCUT2D eigenvalue weighted by Crippen LogP contribution is -1.92. The van der Waals surface area contributed by atoms with Crippen LogP contribution >= 0.6 is 0 Å². The first-order valence-electron chi connectivity index (χ1n) is 5.78. The lowest BCUT2D eigenvalue weighted by molar-refractivity contribution is 0.403. The summed E-state index contributed by atoms with van der Waals surface area (Å²) in [6.45, 7) is 1.80. The number of hydrogen-bond acceptors (Lipinski definition) is 4. The van der Waals surface area contributed by atoms with Crippen LogP contribution in [-0.4, -0.2) is 10.2 Å². The minimum Gasteiger partial charge on any atom is -0.504 e. The number of allylic oxidation sites excluding steroid dienone is 1. The highest BCUT2D eigenvalue weighted by Crippen LogP contribution is 2.26. The average Bonchev–Trinajstić information content (AvgIpc) is 2.34. The molecule has 4 N–H and O–H groups in total. The zero-order valence-corrected chi connectivity index (χ0v) is 10.5. The molecule has 0 unspecified atom stereocenters. The Bertz CT molecular complexity index is 621. The van der Waals surface area contributed by atoms with Crippen molar-refractivity contribution in [2.24, 2.45) is 0 Å². The number of phenols is 2. The minimum absolute atomic E-state index is 0.147. The predicted molar refractivity (Wildman–Crippen MR) is 74.9 cm³/mol. The minimum atomic E-state index is -0.162. The molecule has 0 aliphatic carbocycles. The lowest BCUT2D eigenvalue weighted by Gasteiger charge is -2.07. The molecule has 0 spiro atoms. The molecule has 0 aliphatic rings. The average molecular weight is 257 g/mol. The van der Waals surface area contributed by atoms with E-state index in [1.807, 2.05) is 12.1 Å². The van der Waals surface area contributed by atoms with E-state index in [2.05, 4.69) is 0 Å². The number of ether oxygens (including phenoxy) is 1. The summed E-state index contributed by atoms with van der Waals surface area (Å²) in [6, 6.07) is 11.7. The number of nitrogens with two attached hydrogens (primary N) is 1. The van der Waals surface area contributed by atoms with Gasteiger partial charge in [0.2, 0.25) is 0 Å². The van der Waals surface area contributed by atoms with Crippen molar-refractivity contribution in [3.63, 3.8) is 0 Å². The molecule has 0 saturated carbocycles. The molecule has 2 aromatic carbocycles. The van der Waals surface area contributed by atoms with Gasteiger partial charge < -0.3 is 20.7 Å². The third kappa shape index (κ3) is 3.42. The van der Waals surface area contributed by atoms with Crippen molar-refractivity contribution in [2.75, 3.05) is 5.73 Å². The van der Waals surface area contributed by atoms with Crippen LogP contribution in [0.1, 0.15) is 12.5 Å². The third-order valence-corrected chi connectivity index (χ3v) is 2.51. The van der Waals surface area contributed by atoms with Gasteiger partial charge in [-0.1, -0.05) is 12.1 Å². The summed E-state index contributed by atoms with van der Waals surface area (Å²) >= 11 is 0. The first-order chi connectivity index (χ1) is 9.04. The molecular weight excluding hydrogens is 242 g/mol. The van der Waals surface area contributed by atoms with E-state index in [0.717, 1.165) is 5.56 Å². The molecule has 2 aromatic rings. The smallest absolute Gasteiger partial charge is 0.157 e. The number of rotatable bonds is 3. The molecule has 0 aliphatic heterocycles. The van der Waals surface area contributed by atoms with Crippen LogP contribution in [0.5, 0.6) is 17.2 Å². The highest BCUT2D eigenvalue weighted by molar-refractivity contribution is 5.56. The van der Waals surface area contributed by atoms with Crippen LogP contribution in [0.4, 0.5) is 5.69 Å². The fourth-order valence-corrected chi connectivity index (χ4v) is 1.66. The highest BCUT2D eigenvalue weighted by Gasteiger charge is 2.01. The van der Waals surface area contributed by atoms with Gasteiger partial charge in [0, 0.05) is 11.8 Å². The van der Waals surface area contributed by atoms with Gasteiger partial charge in [-0.05, 0) is 42.8 Å². The maximum atomic E-state index is 9.40. The van der Waals surface area contributed by atoms with Gasteiger partial charge in [-0.15, -0.1) is 0 Å². The molecule has 98 valence electrons. The van der Waals surface area contributed by atoms with E-state index in [4.69, 9.17) is 10.5 Å². The van der Waals surface area contributed by atoms with Crippen LogP contribution in [-0.2, 0) is 0 Å². The van der Waals surface area contributed by atoms with Gasteiger partial charge in [-0.3, -0.25) is 0 Å². The fraction of sp³-hybridized carbons (Fsp3) is 0.0667. The van der Waals surface area contributed by atoms with Crippen molar-refractivity contribution in [1.82, 2.24) is 0 Å². The van der Waals surface area contributed by atoms with Crippen molar-refractivity contribution >= 4 is 11.8 Å². The second kappa shape index (κ2) is 5.35. The van der Waals surface area contributed by atoms with E-state index in [9.17, 15) is 10.2 Å². The largest absolute Gasteiger partial charge is 0.504 e. The van der Waals surface area contributed by atoms with Crippen molar-refractivity contribution in [1.29, 1.82) is 0 Å². The molecule has 0 saturated heterocycles. The molecule has 0 aromatic heterocycles. The monoisotopic (exact) mass is 257 g/mol. The predicted octanol–water partition coefficient (Wildman–Crippen LogP) is 3.12. The molecule has 0 fully saturated rings. The summed E-state index contributed by atoms with van der Waals surface area (Å²) < 4.78 is 5.61. The van der Waals surface area contributed by atoms with Crippen LogP contribution < -0.4 is 10.5 Å². The van der Waals surface area contributed by atoms with Crippen LogP contribution in [0, 0.1) is 0 Å². The van der Waals surface area contributed by atoms with E-state index in [-0.39, 0.29) is 11.5 Å². The Morgan fingerprint density at radius 2 is 1.89 bits per heavy atom. The highest BCUT2D eigenvalue weighted by atomic mass is 16.5. The number of phenolic OH excluding ortho intramolecular Hbond substituents is 2. The molecule has 0 bridgehead atoms. The molecule has 4 nitrogen and oxygen atoms in total. The van der Waals surface area contributed by atoms with Crippen molar-refractivity contribution in [3.8, 4) is 17.2 Å². The quantitative estimate of drug-likeness (QED) is 0.448. The first-order valence-corrected chi connectivity index (χ1v) is 5.78. The van der Waals surface area contributed by atoms with E-state index in [1.54, 1.807) is 31.2 Å². The lowest BCUT2D eigenvalue weighted by atomic mass is 10.2. The van der Waals surface area contributed by atoms with Crippen molar-refractivity contribution in [2.45, 2.75) is 6.92 Å². The Labute approximate surface area is 111 Å². The van der Waals surface area contributed by atoms with E-state index in [1.165, 1.54) is 12.1 Å². The van der Waals surface area contributed by atoms with Crippen LogP contribution in [0.15, 0.2) is 48.2 Å². The van der Waals surface area contributed by atoms with Gasteiger partial charge in [-0.2, -0.15) is 0 Å². The Kier molecular flexibility index (Phi) is 3.61. The maximum absolute atomic E-state index is 9.40. The number of hydrogen-bond donors (Lipinski definition) is 3. The van der Waals surface area contributed by atoms with Gasteiger partial charge in [-0.25, -0.2) is 0 Å². The summed E-state index contributed by atoms with van der Waals surface area (Å²) in [4.78, 5) is 0. The van der Waals surface area contributed by atoms with Gasteiger partial charge in [0.15, 0.2) is 11.5 Å². The number of anilines is 1. The number of aromatic hydroxyl groups is 2. The second-order valence-electron chi connectivity index (χ2n) is 4.18. The molecule has 2 rings (SSSR count). The molecule has 0 amide bonds. The van der Waals surface area contributed by atoms with E-state index >= 15 is 0 Å². The molecule has 19 heavy (non-hydrogen) atoms. The van der Waals surface area contributed by atoms with Gasteiger partial charge in [0.25, 0.3) is 0 Å². The van der Waals surface area contributed by atoms with Gasteiger partial charge in [0.05, 0.1) is 0 Å². The normalized spacial score (nSPS) is 11.3. The molecule has 4 heteroatoms. The summed E-state index contributed by atoms with van der Waals surface area (Å²) in [7, 11) is 0. The Morgan fingerprint density at radius 3 is 2.58 bits per heavy atom. The molecule has 0 radical (unpaired) electrons. The Hall–Kier alpha value is -2.62. The van der Waals surface area contributed by atoms with Crippen molar-refractivity contribution < 1.29 is 14.9 Å². The van der Waals surface area contributed by atoms with Crippen LogP contribution in [0.25, 0.3) is 6.08 Å². The standard InChI is InChI=1S/C15H15NO3/c1-10(19-13-4-2-3-12(16)9-13)7-11-5-6-14(17)15(18)8-11/h2-9,17-18H,16H2,1H3/b10-7-. The van der Waals surface area contributed by atoms with Crippen molar-refractivity contribution in [3.05, 3.63) is 53.8 Å². The molecular formula is C15H15NO3. The second-order valence-corrected chi connectivity index (χ2v) is 4.18. The zero-order valence-electron chi connectivity index (χ0n) is 10.5. The van der Waals surface area contributed by atoms with Crippen LogP contribution in [0.3, 0.4) is 0 Å². The molecule has 0 heterocycles. The first kappa shape index (κ1) is 12.8. The number of nitrogen functional groups attached to an aromatic ring is 1. The molecule has 0 atom stereocenters. The third-order valence-electron chi connectivity index (χ3n) is 2.51. The topological polar surface area (TPSA) is 75.7 Å². The van der Waals surface area contributed by atoms with Gasteiger partial charge >= 0.3 is 0 Å². The van der Waals surface area contributed by atoms with Crippen LogP contribution in [0.2, 0.25) is 0 Å².